The van der Waals surface area contributed by atoms with Crippen LogP contribution in [0.3, 0.4) is 0 Å². The molecule has 1 aliphatic rings. The molecule has 0 bridgehead atoms. The van der Waals surface area contributed by atoms with Gasteiger partial charge < -0.3 is 5.73 Å². The van der Waals surface area contributed by atoms with E-state index in [0.717, 1.165) is 49.8 Å². The van der Waals surface area contributed by atoms with Crippen molar-refractivity contribution in [3.63, 3.8) is 0 Å². The summed E-state index contributed by atoms with van der Waals surface area (Å²) < 4.78 is 14.1. The summed E-state index contributed by atoms with van der Waals surface area (Å²) in [6, 6.07) is 5.85. The topological polar surface area (TPSA) is 26.0 Å². The molecule has 0 heterocycles. The van der Waals surface area contributed by atoms with Crippen LogP contribution < -0.4 is 5.73 Å². The molecule has 1 saturated carbocycles. The van der Waals surface area contributed by atoms with Crippen molar-refractivity contribution >= 4 is 0 Å². The zero-order valence-electron chi connectivity index (χ0n) is 11.1. The first-order valence-corrected chi connectivity index (χ1v) is 7.29. The van der Waals surface area contributed by atoms with Gasteiger partial charge in [0.15, 0.2) is 0 Å². The number of benzene rings is 1. The predicted octanol–water partition coefficient (Wildman–Crippen LogP) is 4.15. The molecule has 2 rings (SSSR count). The smallest absolute Gasteiger partial charge is 0.126 e. The molecule has 1 aromatic rings. The van der Waals surface area contributed by atoms with Crippen LogP contribution in [0.1, 0.15) is 62.0 Å². The Morgan fingerprint density at radius 2 is 1.89 bits per heavy atom. The first-order chi connectivity index (χ1) is 8.81. The van der Waals surface area contributed by atoms with E-state index in [0.29, 0.717) is 5.92 Å². The Bertz CT molecular complexity index is 369. The van der Waals surface area contributed by atoms with Gasteiger partial charge >= 0.3 is 0 Å². The molecule has 1 aromatic carbocycles. The fourth-order valence-electron chi connectivity index (χ4n) is 2.94. The van der Waals surface area contributed by atoms with Crippen molar-refractivity contribution in [1.29, 1.82) is 0 Å². The third-order valence-electron chi connectivity index (χ3n) is 4.03. The first-order valence-electron chi connectivity index (χ1n) is 7.29. The third kappa shape index (κ3) is 3.55. The zero-order valence-corrected chi connectivity index (χ0v) is 11.1. The lowest BCUT2D eigenvalue weighted by atomic mass is 9.83. The summed E-state index contributed by atoms with van der Waals surface area (Å²) in [5, 5.41) is 0. The Morgan fingerprint density at radius 1 is 1.11 bits per heavy atom. The Kier molecular flexibility index (Phi) is 5.18. The molecule has 1 nitrogen and oxygen atoms in total. The van der Waals surface area contributed by atoms with Gasteiger partial charge in [0, 0.05) is 0 Å². The highest BCUT2D eigenvalue weighted by Crippen LogP contribution is 2.34. The van der Waals surface area contributed by atoms with Gasteiger partial charge in [0.25, 0.3) is 0 Å². The lowest BCUT2D eigenvalue weighted by molar-refractivity contribution is 0.429. The van der Waals surface area contributed by atoms with Crippen LogP contribution in [0.15, 0.2) is 18.2 Å². The van der Waals surface area contributed by atoms with Crippen molar-refractivity contribution in [2.24, 2.45) is 5.73 Å². The van der Waals surface area contributed by atoms with E-state index in [1.807, 2.05) is 6.07 Å². The van der Waals surface area contributed by atoms with Gasteiger partial charge in [-0.1, -0.05) is 31.4 Å². The molecular weight excluding hydrogens is 225 g/mol. The first kappa shape index (κ1) is 13.5. The van der Waals surface area contributed by atoms with Crippen molar-refractivity contribution in [2.45, 2.75) is 57.3 Å². The van der Waals surface area contributed by atoms with Crippen molar-refractivity contribution in [2.75, 3.05) is 6.54 Å². The zero-order chi connectivity index (χ0) is 12.8. The second kappa shape index (κ2) is 6.89. The van der Waals surface area contributed by atoms with E-state index in [-0.39, 0.29) is 5.82 Å². The molecule has 0 saturated heterocycles. The van der Waals surface area contributed by atoms with E-state index in [9.17, 15) is 4.39 Å². The summed E-state index contributed by atoms with van der Waals surface area (Å²) in [6.45, 7) is 0.725. The third-order valence-corrected chi connectivity index (χ3v) is 4.03. The molecule has 0 aromatic heterocycles. The number of hydrogen-bond donors (Lipinski definition) is 1. The van der Waals surface area contributed by atoms with Crippen molar-refractivity contribution in [3.8, 4) is 0 Å². The quantitative estimate of drug-likeness (QED) is 0.779. The van der Waals surface area contributed by atoms with Gasteiger partial charge in [-0.2, -0.15) is 0 Å². The highest BCUT2D eigenvalue weighted by Gasteiger charge is 2.18. The molecule has 0 amide bonds. The van der Waals surface area contributed by atoms with Crippen LogP contribution in [-0.2, 0) is 6.42 Å². The van der Waals surface area contributed by atoms with Crippen LogP contribution in [0, 0.1) is 5.82 Å². The van der Waals surface area contributed by atoms with E-state index in [4.69, 9.17) is 5.73 Å². The summed E-state index contributed by atoms with van der Waals surface area (Å²) >= 11 is 0. The number of unbranched alkanes of at least 4 members (excludes halogenated alkanes) is 1. The SMILES string of the molecule is NCCCCc1ccc(C2CCCCC2)c(F)c1. The fraction of sp³-hybridized carbons (Fsp3) is 0.625. The van der Waals surface area contributed by atoms with E-state index in [1.54, 1.807) is 6.07 Å². The molecule has 1 fully saturated rings. The minimum atomic E-state index is 0.00662. The molecule has 0 spiro atoms. The van der Waals surface area contributed by atoms with Crippen LogP contribution >= 0.6 is 0 Å². The van der Waals surface area contributed by atoms with Crippen molar-refractivity contribution < 1.29 is 4.39 Å². The fourth-order valence-corrected chi connectivity index (χ4v) is 2.94. The maximum absolute atomic E-state index is 14.1. The van der Waals surface area contributed by atoms with Gasteiger partial charge in [-0.25, -0.2) is 4.39 Å². The van der Waals surface area contributed by atoms with E-state index >= 15 is 0 Å². The average molecular weight is 249 g/mol. The number of halogens is 1. The molecule has 0 radical (unpaired) electrons. The summed E-state index contributed by atoms with van der Waals surface area (Å²) in [4.78, 5) is 0. The maximum Gasteiger partial charge on any atom is 0.126 e. The molecule has 18 heavy (non-hydrogen) atoms. The molecule has 2 N–H and O–H groups in total. The maximum atomic E-state index is 14.1. The minimum Gasteiger partial charge on any atom is -0.330 e. The normalized spacial score (nSPS) is 17.0. The van der Waals surface area contributed by atoms with Crippen molar-refractivity contribution in [1.82, 2.24) is 0 Å². The average Bonchev–Trinajstić information content (AvgIpc) is 2.40. The van der Waals surface area contributed by atoms with Crippen LogP contribution in [0.2, 0.25) is 0 Å². The van der Waals surface area contributed by atoms with Gasteiger partial charge in [0.05, 0.1) is 0 Å². The molecular formula is C16H24FN. The van der Waals surface area contributed by atoms with Crippen LogP contribution in [0.25, 0.3) is 0 Å². The highest BCUT2D eigenvalue weighted by atomic mass is 19.1. The highest BCUT2D eigenvalue weighted by molar-refractivity contribution is 5.27. The van der Waals surface area contributed by atoms with E-state index < -0.39 is 0 Å². The van der Waals surface area contributed by atoms with E-state index in [2.05, 4.69) is 6.07 Å². The second-order valence-corrected chi connectivity index (χ2v) is 5.44. The monoisotopic (exact) mass is 249 g/mol. The van der Waals surface area contributed by atoms with Gasteiger partial charge in [-0.3, -0.25) is 0 Å². The molecule has 0 unspecified atom stereocenters. The van der Waals surface area contributed by atoms with Crippen molar-refractivity contribution in [3.05, 3.63) is 35.1 Å². The number of nitrogens with two attached hydrogens (primary N) is 1. The molecule has 2 heteroatoms. The largest absolute Gasteiger partial charge is 0.330 e. The summed E-state index contributed by atoms with van der Waals surface area (Å²) in [7, 11) is 0. The predicted molar refractivity (Wildman–Crippen MR) is 74.2 cm³/mol. The summed E-state index contributed by atoms with van der Waals surface area (Å²) in [5.41, 5.74) is 7.52. The Labute approximate surface area is 110 Å². The minimum absolute atomic E-state index is 0.00662. The molecule has 0 atom stereocenters. The van der Waals surface area contributed by atoms with Crippen LogP contribution in [0.4, 0.5) is 4.39 Å². The number of rotatable bonds is 5. The summed E-state index contributed by atoms with van der Waals surface area (Å²) in [6.07, 6.45) is 9.15. The lowest BCUT2D eigenvalue weighted by Crippen LogP contribution is -2.07. The number of aryl methyl sites for hydroxylation is 1. The Morgan fingerprint density at radius 3 is 2.56 bits per heavy atom. The lowest BCUT2D eigenvalue weighted by Gasteiger charge is -2.22. The second-order valence-electron chi connectivity index (χ2n) is 5.44. The number of hydrogen-bond acceptors (Lipinski definition) is 1. The Balaban J connectivity index is 2.00. The Hall–Kier alpha value is -0.890. The standard InChI is InChI=1S/C16H24FN/c17-16-12-13(6-4-5-11-18)9-10-15(16)14-7-2-1-3-8-14/h9-10,12,14H,1-8,11,18H2. The van der Waals surface area contributed by atoms with Crippen LogP contribution in [0.5, 0.6) is 0 Å². The van der Waals surface area contributed by atoms with Gasteiger partial charge in [0.2, 0.25) is 0 Å². The molecule has 0 aliphatic heterocycles. The molecule has 100 valence electrons. The van der Waals surface area contributed by atoms with Gasteiger partial charge in [-0.05, 0) is 61.8 Å². The van der Waals surface area contributed by atoms with Gasteiger partial charge in [-0.15, -0.1) is 0 Å². The van der Waals surface area contributed by atoms with Crippen LogP contribution in [-0.4, -0.2) is 6.54 Å². The van der Waals surface area contributed by atoms with E-state index in [1.165, 1.54) is 19.3 Å². The molecule has 1 aliphatic carbocycles. The van der Waals surface area contributed by atoms with Gasteiger partial charge in [0.1, 0.15) is 5.82 Å². The summed E-state index contributed by atoms with van der Waals surface area (Å²) in [5.74, 6) is 0.462.